The number of aromatic nitrogens is 3. The molecule has 1 atom stereocenters. The molecule has 0 amide bonds. The highest BCUT2D eigenvalue weighted by atomic mass is 19.3. The van der Waals surface area contributed by atoms with E-state index in [2.05, 4.69) is 18.3 Å². The normalized spacial score (nSPS) is 13.1. The van der Waals surface area contributed by atoms with Gasteiger partial charge >= 0.3 is 0 Å². The zero-order valence-corrected chi connectivity index (χ0v) is 22.2. The molecule has 0 bridgehead atoms. The van der Waals surface area contributed by atoms with Gasteiger partial charge in [0.2, 0.25) is 0 Å². The van der Waals surface area contributed by atoms with Gasteiger partial charge in [-0.1, -0.05) is 51.3 Å². The first-order valence-corrected chi connectivity index (χ1v) is 12.6. The molecule has 5 aromatic rings. The van der Waals surface area contributed by atoms with Crippen LogP contribution in [0.2, 0.25) is 0 Å². The molecule has 0 N–H and O–H groups in total. The van der Waals surface area contributed by atoms with E-state index in [1.165, 1.54) is 12.1 Å². The molecule has 0 saturated heterocycles. The van der Waals surface area contributed by atoms with Crippen LogP contribution in [0, 0.1) is 5.82 Å². The fourth-order valence-corrected chi connectivity index (χ4v) is 4.74. The Labute approximate surface area is 221 Å². The zero-order valence-electron chi connectivity index (χ0n) is 22.2. The van der Waals surface area contributed by atoms with Gasteiger partial charge in [-0.15, -0.1) is 0 Å². The van der Waals surface area contributed by atoms with Gasteiger partial charge < -0.3 is 4.57 Å². The number of hydrogen-bond donors (Lipinski definition) is 0. The Morgan fingerprint density at radius 2 is 1.68 bits per heavy atom. The van der Waals surface area contributed by atoms with E-state index in [-0.39, 0.29) is 12.4 Å². The maximum Gasteiger partial charge on any atom is 0.256 e. The number of hydrogen-bond acceptors (Lipinski definition) is 1. The van der Waals surface area contributed by atoms with Gasteiger partial charge in [0.05, 0.1) is 22.8 Å². The highest BCUT2D eigenvalue weighted by Crippen LogP contribution is 2.43. The second kappa shape index (κ2) is 10.4. The van der Waals surface area contributed by atoms with Crippen LogP contribution >= 0.6 is 0 Å². The molecule has 0 aliphatic rings. The molecule has 0 saturated carbocycles. The van der Waals surface area contributed by atoms with E-state index in [1.54, 1.807) is 54.2 Å². The molecule has 2 aromatic heterocycles. The Kier molecular flexibility index (Phi) is 7.36. The molecule has 1 unspecified atom stereocenters. The van der Waals surface area contributed by atoms with E-state index in [0.29, 0.717) is 11.3 Å². The number of alkyl halides is 2. The smallest absolute Gasteiger partial charge is 0.256 e. The molecule has 6 heteroatoms. The Balaban J connectivity index is 0.00000164. The van der Waals surface area contributed by atoms with Crippen molar-refractivity contribution in [2.75, 3.05) is 0 Å². The number of fused-ring (bicyclic) bond motifs is 2. The van der Waals surface area contributed by atoms with Crippen LogP contribution in [0.1, 0.15) is 38.8 Å². The molecule has 5 rings (SSSR count). The fourth-order valence-electron chi connectivity index (χ4n) is 4.74. The van der Waals surface area contributed by atoms with Crippen molar-refractivity contribution in [3.8, 4) is 5.69 Å². The van der Waals surface area contributed by atoms with Crippen molar-refractivity contribution in [1.82, 2.24) is 14.3 Å². The van der Waals surface area contributed by atoms with Crippen LogP contribution in [0.25, 0.3) is 33.1 Å². The van der Waals surface area contributed by atoms with E-state index in [9.17, 15) is 4.39 Å². The first kappa shape index (κ1) is 27.0. The minimum absolute atomic E-state index is 0.0711. The van der Waals surface area contributed by atoms with E-state index in [4.69, 9.17) is 0 Å². The third-order valence-electron chi connectivity index (χ3n) is 7.14. The molecule has 0 fully saturated rings. The zero-order chi connectivity index (χ0) is 27.7. The standard InChI is InChI=1S/C30H26F3N3.C2H6/c1-5-20(2)25-7-6-8-28-26(25)15-16-35(28)19-29(3,30(4,32)33)22-9-14-27-21(17-22)18-34-36(27)24-12-10-23(31)11-13-24;1-2/h5-18H,1-2,19H2,3-4H3;1-2H3. The summed E-state index contributed by atoms with van der Waals surface area (Å²) in [5, 5.41) is 6.09. The average molecular weight is 516 g/mol. The number of rotatable bonds is 7. The minimum Gasteiger partial charge on any atom is -0.346 e. The summed E-state index contributed by atoms with van der Waals surface area (Å²) < 4.78 is 47.6. The van der Waals surface area contributed by atoms with Gasteiger partial charge in [-0.3, -0.25) is 0 Å². The summed E-state index contributed by atoms with van der Waals surface area (Å²) in [6.45, 7) is 14.5. The van der Waals surface area contributed by atoms with Crippen molar-refractivity contribution >= 4 is 27.4 Å². The number of nitrogens with zero attached hydrogens (tertiary/aromatic N) is 3. The van der Waals surface area contributed by atoms with E-state index in [0.717, 1.165) is 39.9 Å². The van der Waals surface area contributed by atoms with Crippen LogP contribution in [0.15, 0.2) is 98.4 Å². The monoisotopic (exact) mass is 515 g/mol. The average Bonchev–Trinajstić information content (AvgIpc) is 3.53. The van der Waals surface area contributed by atoms with Crippen LogP contribution < -0.4 is 0 Å². The molecule has 0 radical (unpaired) electrons. The summed E-state index contributed by atoms with van der Waals surface area (Å²) >= 11 is 0. The van der Waals surface area contributed by atoms with Gasteiger partial charge in [-0.2, -0.15) is 5.10 Å². The Morgan fingerprint density at radius 1 is 0.974 bits per heavy atom. The third kappa shape index (κ3) is 4.67. The molecule has 3 nitrogen and oxygen atoms in total. The van der Waals surface area contributed by atoms with Crippen LogP contribution in [-0.4, -0.2) is 20.3 Å². The van der Waals surface area contributed by atoms with Crippen molar-refractivity contribution in [3.63, 3.8) is 0 Å². The largest absolute Gasteiger partial charge is 0.346 e. The highest BCUT2D eigenvalue weighted by molar-refractivity contribution is 5.94. The predicted octanol–water partition coefficient (Wildman–Crippen LogP) is 8.96. The second-order valence-corrected chi connectivity index (χ2v) is 9.44. The van der Waals surface area contributed by atoms with Crippen LogP contribution in [-0.2, 0) is 12.0 Å². The quantitative estimate of drug-likeness (QED) is 0.198. The number of benzene rings is 3. The second-order valence-electron chi connectivity index (χ2n) is 9.44. The Hall–Kier alpha value is -4.06. The van der Waals surface area contributed by atoms with Gasteiger partial charge in [0.25, 0.3) is 5.92 Å². The van der Waals surface area contributed by atoms with Gasteiger partial charge in [-0.05, 0) is 72.2 Å². The molecule has 196 valence electrons. The summed E-state index contributed by atoms with van der Waals surface area (Å²) in [6.07, 6.45) is 5.19. The lowest BCUT2D eigenvalue weighted by Crippen LogP contribution is -2.44. The number of halogens is 3. The maximum absolute atomic E-state index is 15.3. The first-order chi connectivity index (χ1) is 18.1. The summed E-state index contributed by atoms with van der Waals surface area (Å²) in [6, 6.07) is 19.0. The topological polar surface area (TPSA) is 22.8 Å². The molecule has 3 aromatic carbocycles. The van der Waals surface area contributed by atoms with Crippen molar-refractivity contribution in [1.29, 1.82) is 0 Å². The number of allylic oxidation sites excluding steroid dienone is 2. The highest BCUT2D eigenvalue weighted by Gasteiger charge is 2.48. The van der Waals surface area contributed by atoms with Gasteiger partial charge in [0.15, 0.2) is 0 Å². The summed E-state index contributed by atoms with van der Waals surface area (Å²) in [5.41, 5.74) is 3.03. The fraction of sp³-hybridized carbons (Fsp3) is 0.219. The lowest BCUT2D eigenvalue weighted by molar-refractivity contribution is -0.0612. The van der Waals surface area contributed by atoms with Crippen molar-refractivity contribution < 1.29 is 13.2 Å². The molecule has 0 aliphatic heterocycles. The lowest BCUT2D eigenvalue weighted by atomic mass is 9.76. The molecule has 38 heavy (non-hydrogen) atoms. The Morgan fingerprint density at radius 3 is 2.34 bits per heavy atom. The van der Waals surface area contributed by atoms with Crippen LogP contribution in [0.3, 0.4) is 0 Å². The summed E-state index contributed by atoms with van der Waals surface area (Å²) in [7, 11) is 0. The SMILES string of the molecule is C=CC(=C)c1cccc2c1ccn2CC(C)(c1ccc2c(cnn2-c2ccc(F)cc2)c1)C(C)(F)F.CC. The van der Waals surface area contributed by atoms with Crippen LogP contribution in [0.4, 0.5) is 13.2 Å². The first-order valence-electron chi connectivity index (χ1n) is 12.6. The van der Waals surface area contributed by atoms with Crippen molar-refractivity contribution in [2.24, 2.45) is 0 Å². The predicted molar refractivity (Wildman–Crippen MR) is 152 cm³/mol. The molecular weight excluding hydrogens is 483 g/mol. The Bertz CT molecular complexity index is 1600. The van der Waals surface area contributed by atoms with Crippen molar-refractivity contribution in [2.45, 2.75) is 45.6 Å². The minimum atomic E-state index is -3.02. The van der Waals surface area contributed by atoms with Crippen molar-refractivity contribution in [3.05, 3.63) is 115 Å². The van der Waals surface area contributed by atoms with Gasteiger partial charge in [0.1, 0.15) is 5.82 Å². The molecule has 2 heterocycles. The van der Waals surface area contributed by atoms with Crippen LogP contribution in [0.5, 0.6) is 0 Å². The van der Waals surface area contributed by atoms with Gasteiger partial charge in [0, 0.05) is 36.0 Å². The summed E-state index contributed by atoms with van der Waals surface area (Å²) in [5.74, 6) is -3.36. The third-order valence-corrected chi connectivity index (χ3v) is 7.14. The maximum atomic E-state index is 15.3. The van der Waals surface area contributed by atoms with Gasteiger partial charge in [-0.25, -0.2) is 17.9 Å². The van der Waals surface area contributed by atoms with E-state index in [1.807, 2.05) is 48.9 Å². The molecular formula is C32H32F3N3. The molecule has 0 aliphatic carbocycles. The lowest BCUT2D eigenvalue weighted by Gasteiger charge is -2.36. The van der Waals surface area contributed by atoms with E-state index < -0.39 is 11.3 Å². The summed E-state index contributed by atoms with van der Waals surface area (Å²) in [4.78, 5) is 0. The van der Waals surface area contributed by atoms with E-state index >= 15 is 8.78 Å². The molecule has 0 spiro atoms.